The highest BCUT2D eigenvalue weighted by Gasteiger charge is 2.17. The summed E-state index contributed by atoms with van der Waals surface area (Å²) in [7, 11) is 0. The summed E-state index contributed by atoms with van der Waals surface area (Å²) in [5.41, 5.74) is 3.70. The summed E-state index contributed by atoms with van der Waals surface area (Å²) < 4.78 is 5.20. The van der Waals surface area contributed by atoms with Crippen LogP contribution in [0.1, 0.15) is 38.3 Å². The lowest BCUT2D eigenvalue weighted by Gasteiger charge is -2.08. The van der Waals surface area contributed by atoms with E-state index in [2.05, 4.69) is 0 Å². The Labute approximate surface area is 140 Å². The van der Waals surface area contributed by atoms with Gasteiger partial charge in [-0.05, 0) is 54.8 Å². The van der Waals surface area contributed by atoms with E-state index in [0.29, 0.717) is 11.1 Å². The van der Waals surface area contributed by atoms with Crippen LogP contribution in [0.5, 0.6) is 0 Å². The molecule has 4 heteroatoms. The molecule has 1 aliphatic carbocycles. The Balaban J connectivity index is 1.66. The van der Waals surface area contributed by atoms with Crippen molar-refractivity contribution in [3.8, 4) is 0 Å². The molecule has 0 saturated carbocycles. The van der Waals surface area contributed by atoms with Gasteiger partial charge in [-0.15, -0.1) is 11.8 Å². The molecule has 3 rings (SSSR count). The predicted octanol–water partition coefficient (Wildman–Crippen LogP) is 3.94. The van der Waals surface area contributed by atoms with Crippen molar-refractivity contribution in [2.24, 2.45) is 0 Å². The minimum absolute atomic E-state index is 0.158. The van der Waals surface area contributed by atoms with Gasteiger partial charge < -0.3 is 4.74 Å². The standard InChI is InChI=1S/C19H18O3S/c1-23-18-8-3-2-7-16(18)19(21)22-12-17(20)15-10-9-13-5-4-6-14(13)11-15/h2-3,7-11H,4-6,12H2,1H3. The Bertz CT molecular complexity index is 752. The van der Waals surface area contributed by atoms with Crippen molar-refractivity contribution in [3.63, 3.8) is 0 Å². The number of carbonyl (C=O) groups is 2. The second-order valence-electron chi connectivity index (χ2n) is 5.54. The summed E-state index contributed by atoms with van der Waals surface area (Å²) in [6.07, 6.45) is 5.16. The number of fused-ring (bicyclic) bond motifs is 1. The Morgan fingerprint density at radius 3 is 2.70 bits per heavy atom. The molecule has 0 aliphatic heterocycles. The molecule has 0 amide bonds. The first-order valence-electron chi connectivity index (χ1n) is 7.64. The zero-order valence-electron chi connectivity index (χ0n) is 13.0. The van der Waals surface area contributed by atoms with Crippen molar-refractivity contribution < 1.29 is 14.3 Å². The van der Waals surface area contributed by atoms with Gasteiger partial charge in [0, 0.05) is 10.5 Å². The van der Waals surface area contributed by atoms with Crippen LogP contribution in [0.3, 0.4) is 0 Å². The van der Waals surface area contributed by atoms with Gasteiger partial charge in [-0.1, -0.05) is 24.3 Å². The van der Waals surface area contributed by atoms with E-state index in [9.17, 15) is 9.59 Å². The van der Waals surface area contributed by atoms with E-state index in [1.54, 1.807) is 12.1 Å². The van der Waals surface area contributed by atoms with E-state index < -0.39 is 5.97 Å². The van der Waals surface area contributed by atoms with Gasteiger partial charge in [0.15, 0.2) is 12.4 Å². The molecule has 0 radical (unpaired) electrons. The van der Waals surface area contributed by atoms with E-state index in [1.165, 1.54) is 22.9 Å². The molecule has 0 unspecified atom stereocenters. The minimum atomic E-state index is -0.454. The highest BCUT2D eigenvalue weighted by atomic mass is 32.2. The van der Waals surface area contributed by atoms with E-state index in [0.717, 1.165) is 24.2 Å². The van der Waals surface area contributed by atoms with E-state index >= 15 is 0 Å². The first-order valence-corrected chi connectivity index (χ1v) is 8.86. The maximum atomic E-state index is 12.3. The fraction of sp³-hybridized carbons (Fsp3) is 0.263. The summed E-state index contributed by atoms with van der Waals surface area (Å²) in [6, 6.07) is 13.0. The molecule has 0 fully saturated rings. The van der Waals surface area contributed by atoms with Gasteiger partial charge >= 0.3 is 5.97 Å². The molecule has 0 spiro atoms. The second-order valence-corrected chi connectivity index (χ2v) is 6.38. The van der Waals surface area contributed by atoms with Crippen LogP contribution in [0.25, 0.3) is 0 Å². The van der Waals surface area contributed by atoms with Crippen LogP contribution in [-0.4, -0.2) is 24.6 Å². The molecule has 0 N–H and O–H groups in total. The third-order valence-corrected chi connectivity index (χ3v) is 4.88. The monoisotopic (exact) mass is 326 g/mol. The SMILES string of the molecule is CSc1ccccc1C(=O)OCC(=O)c1ccc2c(c1)CCC2. The van der Waals surface area contributed by atoms with E-state index in [1.807, 2.05) is 36.6 Å². The third kappa shape index (κ3) is 3.48. The average molecular weight is 326 g/mol. The number of hydrogen-bond donors (Lipinski definition) is 0. The Kier molecular flexibility index (Phi) is 4.82. The molecule has 0 heterocycles. The average Bonchev–Trinajstić information content (AvgIpc) is 3.06. The van der Waals surface area contributed by atoms with E-state index in [-0.39, 0.29) is 12.4 Å². The summed E-state index contributed by atoms with van der Waals surface area (Å²) in [5.74, 6) is -0.612. The van der Waals surface area contributed by atoms with Crippen LogP contribution in [-0.2, 0) is 17.6 Å². The van der Waals surface area contributed by atoms with Gasteiger partial charge in [-0.2, -0.15) is 0 Å². The Morgan fingerprint density at radius 2 is 1.87 bits per heavy atom. The minimum Gasteiger partial charge on any atom is -0.454 e. The van der Waals surface area contributed by atoms with Crippen LogP contribution in [0, 0.1) is 0 Å². The molecular formula is C19H18O3S. The number of thioether (sulfide) groups is 1. The Hall–Kier alpha value is -2.07. The van der Waals surface area contributed by atoms with Crippen LogP contribution >= 0.6 is 11.8 Å². The highest BCUT2D eigenvalue weighted by Crippen LogP contribution is 2.23. The van der Waals surface area contributed by atoms with Crippen LogP contribution < -0.4 is 0 Å². The predicted molar refractivity (Wildman–Crippen MR) is 91.3 cm³/mol. The number of aryl methyl sites for hydroxylation is 2. The quantitative estimate of drug-likeness (QED) is 0.474. The molecule has 2 aromatic carbocycles. The van der Waals surface area contributed by atoms with Gasteiger partial charge in [-0.25, -0.2) is 4.79 Å². The van der Waals surface area contributed by atoms with Crippen LogP contribution in [0.15, 0.2) is 47.4 Å². The van der Waals surface area contributed by atoms with Crippen molar-refractivity contribution >= 4 is 23.5 Å². The summed E-state index contributed by atoms with van der Waals surface area (Å²) >= 11 is 1.48. The first-order chi connectivity index (χ1) is 11.2. The van der Waals surface area contributed by atoms with Crippen molar-refractivity contribution in [2.75, 3.05) is 12.9 Å². The third-order valence-electron chi connectivity index (χ3n) is 4.08. The molecule has 23 heavy (non-hydrogen) atoms. The summed E-state index contributed by atoms with van der Waals surface area (Å²) in [6.45, 7) is -0.222. The molecule has 0 aromatic heterocycles. The van der Waals surface area contributed by atoms with Crippen molar-refractivity contribution in [1.82, 2.24) is 0 Å². The zero-order chi connectivity index (χ0) is 16.2. The first kappa shape index (κ1) is 15.8. The second kappa shape index (κ2) is 7.01. The molecule has 3 nitrogen and oxygen atoms in total. The number of ether oxygens (including phenoxy) is 1. The van der Waals surface area contributed by atoms with Crippen molar-refractivity contribution in [3.05, 3.63) is 64.7 Å². The number of carbonyl (C=O) groups excluding carboxylic acids is 2. The zero-order valence-corrected chi connectivity index (χ0v) is 13.8. The van der Waals surface area contributed by atoms with Gasteiger partial charge in [-0.3, -0.25) is 4.79 Å². The van der Waals surface area contributed by atoms with E-state index in [4.69, 9.17) is 4.74 Å². The lowest BCUT2D eigenvalue weighted by atomic mass is 10.0. The summed E-state index contributed by atoms with van der Waals surface area (Å²) in [5, 5.41) is 0. The fourth-order valence-electron chi connectivity index (χ4n) is 2.85. The van der Waals surface area contributed by atoms with Crippen LogP contribution in [0.4, 0.5) is 0 Å². The van der Waals surface area contributed by atoms with Gasteiger partial charge in [0.1, 0.15) is 0 Å². The molecule has 0 atom stereocenters. The van der Waals surface area contributed by atoms with Gasteiger partial charge in [0.25, 0.3) is 0 Å². The molecule has 118 valence electrons. The topological polar surface area (TPSA) is 43.4 Å². The number of rotatable bonds is 5. The maximum Gasteiger partial charge on any atom is 0.339 e. The number of ketones is 1. The number of hydrogen-bond acceptors (Lipinski definition) is 4. The Morgan fingerprint density at radius 1 is 1.09 bits per heavy atom. The molecule has 0 saturated heterocycles. The largest absolute Gasteiger partial charge is 0.454 e. The smallest absolute Gasteiger partial charge is 0.339 e. The number of esters is 1. The fourth-order valence-corrected chi connectivity index (χ4v) is 3.44. The molecular weight excluding hydrogens is 308 g/mol. The number of benzene rings is 2. The van der Waals surface area contributed by atoms with Crippen LogP contribution in [0.2, 0.25) is 0 Å². The maximum absolute atomic E-state index is 12.3. The highest BCUT2D eigenvalue weighted by molar-refractivity contribution is 7.98. The lowest BCUT2D eigenvalue weighted by Crippen LogP contribution is -2.15. The molecule has 0 bridgehead atoms. The normalized spacial score (nSPS) is 12.7. The molecule has 1 aliphatic rings. The van der Waals surface area contributed by atoms with Crippen molar-refractivity contribution in [2.45, 2.75) is 24.2 Å². The lowest BCUT2D eigenvalue weighted by molar-refractivity contribution is 0.0471. The summed E-state index contributed by atoms with van der Waals surface area (Å²) in [4.78, 5) is 25.3. The van der Waals surface area contributed by atoms with Crippen molar-refractivity contribution in [1.29, 1.82) is 0 Å². The molecule has 2 aromatic rings. The van der Waals surface area contributed by atoms with Gasteiger partial charge in [0.05, 0.1) is 5.56 Å². The number of Topliss-reactive ketones (excluding diaryl/α,β-unsaturated/α-hetero) is 1. The van der Waals surface area contributed by atoms with Gasteiger partial charge in [0.2, 0.25) is 0 Å².